The van der Waals surface area contributed by atoms with E-state index in [4.69, 9.17) is 0 Å². The topological polar surface area (TPSA) is 79.3 Å². The highest BCUT2D eigenvalue weighted by Gasteiger charge is 2.26. The number of urea groups is 1. The minimum atomic E-state index is -0.0741. The number of hydrogen-bond acceptors (Lipinski definition) is 3. The van der Waals surface area contributed by atoms with Gasteiger partial charge in [-0.3, -0.25) is 9.69 Å². The maximum atomic E-state index is 12.8. The Morgan fingerprint density at radius 1 is 1.12 bits per heavy atom. The number of aryl methyl sites for hydroxylation is 2. The lowest BCUT2D eigenvalue weighted by Crippen LogP contribution is -2.32. The Hall–Kier alpha value is -3.61. The normalized spacial score (nSPS) is 17.6. The lowest BCUT2D eigenvalue weighted by Gasteiger charge is -2.24. The lowest BCUT2D eigenvalue weighted by atomic mass is 9.92. The van der Waals surface area contributed by atoms with Crippen molar-refractivity contribution < 1.29 is 9.59 Å². The molecule has 7 nitrogen and oxygen atoms in total. The van der Waals surface area contributed by atoms with E-state index in [9.17, 15) is 9.59 Å². The van der Waals surface area contributed by atoms with Crippen LogP contribution in [0.25, 0.3) is 5.69 Å². The third kappa shape index (κ3) is 4.35. The van der Waals surface area contributed by atoms with Gasteiger partial charge >= 0.3 is 6.03 Å². The molecule has 2 heterocycles. The molecular weight excluding hydrogens is 414 g/mol. The molecule has 1 aliphatic heterocycles. The predicted octanol–water partition coefficient (Wildman–Crippen LogP) is 3.76. The standard InChI is InChI=1S/C26H29N5O2/c1-17-12-18(2)14-21(13-17)31-24-5-3-4-23(22(24)16-28-31)29-25(32)15-19-6-8-20(9-7-19)30-11-10-27-26(30)33/h6-9,12-14,16,23H,3-5,10-11,15H2,1-2H3,(H,27,33)(H,29,32)/t23-/m0/s1. The van der Waals surface area contributed by atoms with E-state index in [1.807, 2.05) is 35.1 Å². The predicted molar refractivity (Wildman–Crippen MR) is 128 cm³/mol. The van der Waals surface area contributed by atoms with Crippen molar-refractivity contribution in [1.82, 2.24) is 20.4 Å². The molecule has 170 valence electrons. The summed E-state index contributed by atoms with van der Waals surface area (Å²) in [6, 6.07) is 14.0. The average Bonchev–Trinajstić information content (AvgIpc) is 3.40. The fraction of sp³-hybridized carbons (Fsp3) is 0.346. The number of nitrogens with one attached hydrogen (secondary N) is 2. The number of fused-ring (bicyclic) bond motifs is 1. The van der Waals surface area contributed by atoms with Crippen molar-refractivity contribution in [2.75, 3.05) is 18.0 Å². The van der Waals surface area contributed by atoms with Crippen molar-refractivity contribution in [3.8, 4) is 5.69 Å². The van der Waals surface area contributed by atoms with Gasteiger partial charge in [-0.05, 0) is 74.1 Å². The van der Waals surface area contributed by atoms with Gasteiger partial charge in [-0.15, -0.1) is 0 Å². The zero-order chi connectivity index (χ0) is 22.9. The molecule has 33 heavy (non-hydrogen) atoms. The first kappa shape index (κ1) is 21.2. The Labute approximate surface area is 193 Å². The second-order valence-electron chi connectivity index (χ2n) is 9.04. The van der Waals surface area contributed by atoms with Gasteiger partial charge in [0.1, 0.15) is 0 Å². The number of benzene rings is 2. The van der Waals surface area contributed by atoms with Crippen LogP contribution in [0.15, 0.2) is 48.7 Å². The molecular formula is C26H29N5O2. The molecule has 7 heteroatoms. The molecule has 0 spiro atoms. The molecule has 1 aliphatic carbocycles. The van der Waals surface area contributed by atoms with E-state index >= 15 is 0 Å². The number of nitrogens with zero attached hydrogens (tertiary/aromatic N) is 3. The summed E-state index contributed by atoms with van der Waals surface area (Å²) in [4.78, 5) is 26.4. The minimum absolute atomic E-state index is 0.00124. The molecule has 0 bridgehead atoms. The van der Waals surface area contributed by atoms with Crippen molar-refractivity contribution >= 4 is 17.6 Å². The van der Waals surface area contributed by atoms with E-state index in [2.05, 4.69) is 47.8 Å². The van der Waals surface area contributed by atoms with E-state index in [0.29, 0.717) is 19.5 Å². The van der Waals surface area contributed by atoms with Crippen LogP contribution in [0.2, 0.25) is 0 Å². The molecule has 0 unspecified atom stereocenters. The number of aromatic nitrogens is 2. The summed E-state index contributed by atoms with van der Waals surface area (Å²) >= 11 is 0. The number of carbonyl (C=O) groups is 2. The van der Waals surface area contributed by atoms with Crippen LogP contribution in [0.3, 0.4) is 0 Å². The second-order valence-corrected chi connectivity index (χ2v) is 9.04. The van der Waals surface area contributed by atoms with Crippen LogP contribution in [0, 0.1) is 13.8 Å². The third-order valence-corrected chi connectivity index (χ3v) is 6.44. The summed E-state index contributed by atoms with van der Waals surface area (Å²) in [5.41, 5.74) is 7.58. The van der Waals surface area contributed by atoms with Gasteiger partial charge < -0.3 is 10.6 Å². The second kappa shape index (κ2) is 8.73. The first-order chi connectivity index (χ1) is 16.0. The molecule has 1 aromatic heterocycles. The lowest BCUT2D eigenvalue weighted by molar-refractivity contribution is -0.121. The van der Waals surface area contributed by atoms with Gasteiger partial charge in [-0.2, -0.15) is 5.10 Å². The number of amides is 3. The Morgan fingerprint density at radius 3 is 2.58 bits per heavy atom. The molecule has 2 aliphatic rings. The Kier molecular flexibility index (Phi) is 5.62. The quantitative estimate of drug-likeness (QED) is 0.630. The molecule has 1 saturated heterocycles. The molecule has 2 aromatic carbocycles. The van der Waals surface area contributed by atoms with Gasteiger partial charge in [0.2, 0.25) is 5.91 Å². The molecule has 3 amide bonds. The van der Waals surface area contributed by atoms with Gasteiger partial charge in [0, 0.05) is 30.0 Å². The molecule has 1 fully saturated rings. The molecule has 2 N–H and O–H groups in total. The summed E-state index contributed by atoms with van der Waals surface area (Å²) in [5, 5.41) is 10.7. The summed E-state index contributed by atoms with van der Waals surface area (Å²) in [5.74, 6) is -0.00124. The maximum Gasteiger partial charge on any atom is 0.321 e. The van der Waals surface area contributed by atoms with Gasteiger partial charge in [-0.1, -0.05) is 18.2 Å². The van der Waals surface area contributed by atoms with E-state index in [1.165, 1.54) is 16.8 Å². The van der Waals surface area contributed by atoms with E-state index in [-0.39, 0.29) is 18.0 Å². The van der Waals surface area contributed by atoms with Crippen LogP contribution in [0.4, 0.5) is 10.5 Å². The molecule has 3 aromatic rings. The average molecular weight is 444 g/mol. The van der Waals surface area contributed by atoms with E-state index in [1.54, 1.807) is 4.90 Å². The largest absolute Gasteiger partial charge is 0.349 e. The van der Waals surface area contributed by atoms with Crippen molar-refractivity contribution in [2.24, 2.45) is 0 Å². The molecule has 1 atom stereocenters. The first-order valence-corrected chi connectivity index (χ1v) is 11.6. The highest BCUT2D eigenvalue weighted by Crippen LogP contribution is 2.31. The van der Waals surface area contributed by atoms with E-state index < -0.39 is 0 Å². The van der Waals surface area contributed by atoms with Gasteiger partial charge in [0.05, 0.1) is 24.3 Å². The van der Waals surface area contributed by atoms with Gasteiger partial charge in [0.25, 0.3) is 0 Å². The highest BCUT2D eigenvalue weighted by atomic mass is 16.2. The van der Waals surface area contributed by atoms with E-state index in [0.717, 1.165) is 41.8 Å². The third-order valence-electron chi connectivity index (χ3n) is 6.44. The molecule has 0 saturated carbocycles. The van der Waals surface area contributed by atoms with Crippen molar-refractivity contribution in [2.45, 2.75) is 45.6 Å². The summed E-state index contributed by atoms with van der Waals surface area (Å²) in [6.45, 7) is 5.52. The van der Waals surface area contributed by atoms with Gasteiger partial charge in [0.15, 0.2) is 0 Å². The van der Waals surface area contributed by atoms with Crippen LogP contribution >= 0.6 is 0 Å². The fourth-order valence-corrected chi connectivity index (χ4v) is 4.94. The van der Waals surface area contributed by atoms with Crippen LogP contribution in [0.5, 0.6) is 0 Å². The molecule has 0 radical (unpaired) electrons. The monoisotopic (exact) mass is 443 g/mol. The van der Waals surface area contributed by atoms with Crippen molar-refractivity contribution in [3.05, 3.63) is 76.6 Å². The number of carbonyl (C=O) groups excluding carboxylic acids is 2. The highest BCUT2D eigenvalue weighted by molar-refractivity contribution is 5.94. The first-order valence-electron chi connectivity index (χ1n) is 11.6. The molecule has 5 rings (SSSR count). The van der Waals surface area contributed by atoms with Crippen LogP contribution in [-0.4, -0.2) is 34.8 Å². The Balaban J connectivity index is 1.27. The summed E-state index contributed by atoms with van der Waals surface area (Å²) in [7, 11) is 0. The Bertz CT molecular complexity index is 1180. The smallest absolute Gasteiger partial charge is 0.321 e. The van der Waals surface area contributed by atoms with Crippen molar-refractivity contribution in [3.63, 3.8) is 0 Å². The van der Waals surface area contributed by atoms with Crippen LogP contribution in [-0.2, 0) is 17.6 Å². The number of hydrogen-bond donors (Lipinski definition) is 2. The SMILES string of the molecule is Cc1cc(C)cc(-n2ncc3c2CCC[C@@H]3NC(=O)Cc2ccc(N3CCNC3=O)cc2)c1. The maximum absolute atomic E-state index is 12.8. The van der Waals surface area contributed by atoms with Crippen LogP contribution in [0.1, 0.15) is 46.8 Å². The van der Waals surface area contributed by atoms with Gasteiger partial charge in [-0.25, -0.2) is 9.48 Å². The Morgan fingerprint density at radius 2 is 1.88 bits per heavy atom. The fourth-order valence-electron chi connectivity index (χ4n) is 4.94. The minimum Gasteiger partial charge on any atom is -0.349 e. The zero-order valence-corrected chi connectivity index (χ0v) is 19.1. The number of anilines is 1. The summed E-state index contributed by atoms with van der Waals surface area (Å²) in [6.07, 6.45) is 5.11. The number of rotatable bonds is 5. The zero-order valence-electron chi connectivity index (χ0n) is 19.1. The summed E-state index contributed by atoms with van der Waals surface area (Å²) < 4.78 is 2.03. The van der Waals surface area contributed by atoms with Crippen molar-refractivity contribution in [1.29, 1.82) is 0 Å². The van der Waals surface area contributed by atoms with Crippen LogP contribution < -0.4 is 15.5 Å².